The topological polar surface area (TPSA) is 64.4 Å². The van der Waals surface area contributed by atoms with Gasteiger partial charge in [-0.25, -0.2) is 0 Å². The first-order chi connectivity index (χ1) is 9.54. The van der Waals surface area contributed by atoms with Gasteiger partial charge in [0.05, 0.1) is 12.0 Å². The molecule has 0 aromatic heterocycles. The van der Waals surface area contributed by atoms with Crippen molar-refractivity contribution >= 4 is 5.69 Å². The van der Waals surface area contributed by atoms with Gasteiger partial charge in [-0.2, -0.15) is 0 Å². The number of ether oxygens (including phenoxy) is 1. The van der Waals surface area contributed by atoms with Crippen molar-refractivity contribution in [2.75, 3.05) is 7.11 Å². The Morgan fingerprint density at radius 2 is 1.86 bits per heavy atom. The molecular formula is C16H26N2O3. The average molecular weight is 294 g/mol. The third-order valence-corrected chi connectivity index (χ3v) is 3.20. The number of nitrogens with zero attached hydrogens (tertiary/aromatic N) is 1. The van der Waals surface area contributed by atoms with Gasteiger partial charge in [0.2, 0.25) is 0 Å². The largest absolute Gasteiger partial charge is 0.496 e. The van der Waals surface area contributed by atoms with Gasteiger partial charge in [0.25, 0.3) is 5.69 Å². The van der Waals surface area contributed by atoms with E-state index < -0.39 is 0 Å². The molecule has 0 saturated heterocycles. The van der Waals surface area contributed by atoms with E-state index in [2.05, 4.69) is 39.9 Å². The highest BCUT2D eigenvalue weighted by molar-refractivity contribution is 5.43. The molecule has 0 aliphatic rings. The van der Waals surface area contributed by atoms with Crippen LogP contribution in [0.15, 0.2) is 18.2 Å². The molecule has 1 rings (SSSR count). The van der Waals surface area contributed by atoms with Crippen LogP contribution in [0.25, 0.3) is 0 Å². The zero-order valence-corrected chi connectivity index (χ0v) is 13.8. The van der Waals surface area contributed by atoms with Gasteiger partial charge in [-0.15, -0.1) is 0 Å². The molecule has 1 aromatic rings. The van der Waals surface area contributed by atoms with Gasteiger partial charge in [0.1, 0.15) is 5.75 Å². The molecule has 1 aromatic carbocycles. The fraction of sp³-hybridized carbons (Fsp3) is 0.625. The fourth-order valence-corrected chi connectivity index (χ4v) is 2.74. The van der Waals surface area contributed by atoms with E-state index in [9.17, 15) is 10.1 Å². The summed E-state index contributed by atoms with van der Waals surface area (Å²) >= 11 is 0. The fourth-order valence-electron chi connectivity index (χ4n) is 2.74. The Morgan fingerprint density at radius 3 is 2.33 bits per heavy atom. The third kappa shape index (κ3) is 5.71. The van der Waals surface area contributed by atoms with Crippen molar-refractivity contribution < 1.29 is 9.66 Å². The van der Waals surface area contributed by atoms with Gasteiger partial charge < -0.3 is 10.1 Å². The standard InChI is InChI=1S/C16H26N2O3/c1-15(2,3)11-16(4,5)17-10-12-9-13(18(19)20)7-8-14(12)21-6/h7-9,17H,10-11H2,1-6H3. The lowest BCUT2D eigenvalue weighted by atomic mass is 9.81. The number of hydrogen-bond donors (Lipinski definition) is 1. The Balaban J connectivity index is 2.87. The zero-order chi connectivity index (χ0) is 16.3. The molecular weight excluding hydrogens is 268 g/mol. The van der Waals surface area contributed by atoms with Gasteiger partial charge >= 0.3 is 0 Å². The highest BCUT2D eigenvalue weighted by Crippen LogP contribution is 2.28. The van der Waals surface area contributed by atoms with Crippen LogP contribution in [-0.2, 0) is 6.54 Å². The molecule has 0 radical (unpaired) electrons. The van der Waals surface area contributed by atoms with Gasteiger partial charge in [-0.3, -0.25) is 10.1 Å². The van der Waals surface area contributed by atoms with Crippen LogP contribution < -0.4 is 10.1 Å². The van der Waals surface area contributed by atoms with Crippen molar-refractivity contribution in [3.8, 4) is 5.75 Å². The lowest BCUT2D eigenvalue weighted by Gasteiger charge is -2.33. The van der Waals surface area contributed by atoms with Crippen molar-refractivity contribution in [1.29, 1.82) is 0 Å². The molecule has 0 amide bonds. The minimum absolute atomic E-state index is 0.0616. The normalized spacial score (nSPS) is 12.3. The molecule has 0 heterocycles. The molecule has 0 aliphatic heterocycles. The highest BCUT2D eigenvalue weighted by Gasteiger charge is 2.25. The second-order valence-corrected chi connectivity index (χ2v) is 7.23. The Kier molecular flexibility index (Phi) is 5.34. The maximum absolute atomic E-state index is 10.9. The monoisotopic (exact) mass is 294 g/mol. The number of nitro benzene ring substituents is 1. The number of rotatable bonds is 6. The van der Waals surface area contributed by atoms with Crippen molar-refractivity contribution in [3.05, 3.63) is 33.9 Å². The predicted molar refractivity (Wildman–Crippen MR) is 84.6 cm³/mol. The summed E-state index contributed by atoms with van der Waals surface area (Å²) < 4.78 is 5.28. The van der Waals surface area contributed by atoms with Crippen molar-refractivity contribution in [3.63, 3.8) is 0 Å². The maximum atomic E-state index is 10.9. The number of non-ortho nitro benzene ring substituents is 1. The second kappa shape index (κ2) is 6.43. The summed E-state index contributed by atoms with van der Waals surface area (Å²) in [6.45, 7) is 11.4. The summed E-state index contributed by atoms with van der Waals surface area (Å²) in [4.78, 5) is 10.5. The smallest absolute Gasteiger partial charge is 0.270 e. The summed E-state index contributed by atoms with van der Waals surface area (Å²) in [5, 5.41) is 14.4. The van der Waals surface area contributed by atoms with Crippen LogP contribution in [0.1, 0.15) is 46.6 Å². The van der Waals surface area contributed by atoms with E-state index in [1.807, 2.05) is 0 Å². The second-order valence-electron chi connectivity index (χ2n) is 7.23. The van der Waals surface area contributed by atoms with Gasteiger partial charge in [-0.1, -0.05) is 20.8 Å². The van der Waals surface area contributed by atoms with Crippen LogP contribution in [0.4, 0.5) is 5.69 Å². The third-order valence-electron chi connectivity index (χ3n) is 3.20. The zero-order valence-electron chi connectivity index (χ0n) is 13.8. The Hall–Kier alpha value is -1.62. The maximum Gasteiger partial charge on any atom is 0.270 e. The van der Waals surface area contributed by atoms with Crippen molar-refractivity contribution in [2.24, 2.45) is 5.41 Å². The minimum atomic E-state index is -0.386. The first-order valence-electron chi connectivity index (χ1n) is 7.10. The van der Waals surface area contributed by atoms with E-state index in [-0.39, 0.29) is 21.6 Å². The number of nitrogens with one attached hydrogen (secondary N) is 1. The molecule has 5 nitrogen and oxygen atoms in total. The molecule has 21 heavy (non-hydrogen) atoms. The van der Waals surface area contributed by atoms with E-state index in [0.29, 0.717) is 12.3 Å². The molecule has 0 bridgehead atoms. The van der Waals surface area contributed by atoms with Crippen LogP contribution in [-0.4, -0.2) is 17.6 Å². The van der Waals surface area contributed by atoms with Gasteiger partial charge in [-0.05, 0) is 31.7 Å². The van der Waals surface area contributed by atoms with E-state index >= 15 is 0 Å². The SMILES string of the molecule is COc1ccc([N+](=O)[O-])cc1CNC(C)(C)CC(C)(C)C. The van der Waals surface area contributed by atoms with Crippen molar-refractivity contribution in [2.45, 2.75) is 53.1 Å². The molecule has 0 spiro atoms. The van der Waals surface area contributed by atoms with Crippen LogP contribution in [0.5, 0.6) is 5.75 Å². The Labute approximate surface area is 126 Å². The quantitative estimate of drug-likeness (QED) is 0.638. The van der Waals surface area contributed by atoms with Crippen LogP contribution >= 0.6 is 0 Å². The Morgan fingerprint density at radius 1 is 1.24 bits per heavy atom. The van der Waals surface area contributed by atoms with E-state index in [0.717, 1.165) is 12.0 Å². The lowest BCUT2D eigenvalue weighted by molar-refractivity contribution is -0.384. The first-order valence-corrected chi connectivity index (χ1v) is 7.10. The van der Waals surface area contributed by atoms with E-state index in [4.69, 9.17) is 4.74 Å². The van der Waals surface area contributed by atoms with E-state index in [1.54, 1.807) is 19.2 Å². The molecule has 5 heteroatoms. The average Bonchev–Trinajstić information content (AvgIpc) is 2.33. The van der Waals surface area contributed by atoms with Crippen LogP contribution in [0, 0.1) is 15.5 Å². The number of hydrogen-bond acceptors (Lipinski definition) is 4. The van der Waals surface area contributed by atoms with Crippen LogP contribution in [0.3, 0.4) is 0 Å². The number of nitro groups is 1. The first kappa shape index (κ1) is 17.4. The molecule has 0 saturated carbocycles. The minimum Gasteiger partial charge on any atom is -0.496 e. The Bertz CT molecular complexity index is 505. The molecule has 1 N–H and O–H groups in total. The van der Waals surface area contributed by atoms with Crippen LogP contribution in [0.2, 0.25) is 0 Å². The summed E-state index contributed by atoms with van der Waals surface area (Å²) in [6.07, 6.45) is 0.997. The van der Waals surface area contributed by atoms with Gasteiger partial charge in [0, 0.05) is 29.8 Å². The summed E-state index contributed by atoms with van der Waals surface area (Å²) in [7, 11) is 1.57. The molecule has 0 atom stereocenters. The molecule has 0 fully saturated rings. The molecule has 0 unspecified atom stereocenters. The highest BCUT2D eigenvalue weighted by atomic mass is 16.6. The number of methoxy groups -OCH3 is 1. The summed E-state index contributed by atoms with van der Waals surface area (Å²) in [6, 6.07) is 4.67. The van der Waals surface area contributed by atoms with Gasteiger partial charge in [0.15, 0.2) is 0 Å². The summed E-state index contributed by atoms with van der Waals surface area (Å²) in [5.74, 6) is 0.666. The number of benzene rings is 1. The molecule has 118 valence electrons. The van der Waals surface area contributed by atoms with E-state index in [1.165, 1.54) is 6.07 Å². The predicted octanol–water partition coefficient (Wildman–Crippen LogP) is 3.91. The summed E-state index contributed by atoms with van der Waals surface area (Å²) in [5.41, 5.74) is 1.03. The molecule has 0 aliphatic carbocycles. The van der Waals surface area contributed by atoms with Crippen molar-refractivity contribution in [1.82, 2.24) is 5.32 Å². The lowest BCUT2D eigenvalue weighted by Crippen LogP contribution is -2.41.